The fourth-order valence-corrected chi connectivity index (χ4v) is 2.84. The Labute approximate surface area is 164 Å². The van der Waals surface area contributed by atoms with Crippen LogP contribution >= 0.6 is 0 Å². The zero-order chi connectivity index (χ0) is 19.9. The molecule has 3 aromatic carbocycles. The molecule has 0 aromatic heterocycles. The van der Waals surface area contributed by atoms with Gasteiger partial charge in [0.1, 0.15) is 17.6 Å². The lowest BCUT2D eigenvalue weighted by atomic mass is 9.97. The topological polar surface area (TPSA) is 65.0 Å². The maximum absolute atomic E-state index is 12.6. The van der Waals surface area contributed by atoms with E-state index in [0.29, 0.717) is 28.2 Å². The van der Waals surface area contributed by atoms with Crippen molar-refractivity contribution >= 4 is 5.97 Å². The van der Waals surface area contributed by atoms with Crippen LogP contribution in [-0.2, 0) is 4.74 Å². The molecular weight excluding hydrogens is 356 g/mol. The van der Waals surface area contributed by atoms with E-state index in [0.717, 1.165) is 0 Å². The minimum atomic E-state index is -1.05. The van der Waals surface area contributed by atoms with Crippen LogP contribution in [0.15, 0.2) is 78.9 Å². The number of hydrogen-bond donors (Lipinski definition) is 1. The average Bonchev–Trinajstić information content (AvgIpc) is 2.77. The van der Waals surface area contributed by atoms with Gasteiger partial charge < -0.3 is 19.3 Å². The molecule has 5 heteroatoms. The highest BCUT2D eigenvalue weighted by Crippen LogP contribution is 2.34. The summed E-state index contributed by atoms with van der Waals surface area (Å²) in [4.78, 5) is 12.6. The van der Waals surface area contributed by atoms with E-state index >= 15 is 0 Å². The van der Waals surface area contributed by atoms with Gasteiger partial charge in [0.2, 0.25) is 0 Å². The van der Waals surface area contributed by atoms with Crippen LogP contribution in [-0.4, -0.2) is 25.3 Å². The van der Waals surface area contributed by atoms with Crippen LogP contribution in [0.4, 0.5) is 0 Å². The first kappa shape index (κ1) is 19.5. The van der Waals surface area contributed by atoms with Crippen molar-refractivity contribution in [3.05, 3.63) is 95.6 Å². The highest BCUT2D eigenvalue weighted by Gasteiger charge is 2.27. The fourth-order valence-electron chi connectivity index (χ4n) is 2.84. The van der Waals surface area contributed by atoms with E-state index in [9.17, 15) is 9.90 Å². The standard InChI is InChI=1S/C23H22O5/c1-26-19-12-8-16(9-13-19)21(24)22(17-10-14-20(27-2)15-11-17)28-23(25)18-6-4-3-5-7-18/h3-15,21-22,24H,1-2H3/t21-,22-/m0/s1. The Hall–Kier alpha value is -3.31. The second-order valence-corrected chi connectivity index (χ2v) is 6.18. The van der Waals surface area contributed by atoms with Crippen molar-refractivity contribution in [2.45, 2.75) is 12.2 Å². The Balaban J connectivity index is 1.91. The zero-order valence-corrected chi connectivity index (χ0v) is 15.7. The van der Waals surface area contributed by atoms with E-state index in [2.05, 4.69) is 0 Å². The van der Waals surface area contributed by atoms with Gasteiger partial charge >= 0.3 is 5.97 Å². The Bertz CT molecular complexity index is 889. The van der Waals surface area contributed by atoms with Crippen LogP contribution in [0, 0.1) is 0 Å². The molecule has 0 radical (unpaired) electrons. The normalized spacial score (nSPS) is 12.7. The minimum absolute atomic E-state index is 0.419. The SMILES string of the molecule is COc1ccc([C@H](O)[C@@H](OC(=O)c2ccccc2)c2ccc(OC)cc2)cc1. The molecule has 1 N–H and O–H groups in total. The summed E-state index contributed by atoms with van der Waals surface area (Å²) in [6.45, 7) is 0. The molecule has 0 amide bonds. The molecule has 0 heterocycles. The van der Waals surface area contributed by atoms with E-state index in [-0.39, 0.29) is 0 Å². The summed E-state index contributed by atoms with van der Waals surface area (Å²) in [7, 11) is 3.15. The fraction of sp³-hybridized carbons (Fsp3) is 0.174. The highest BCUT2D eigenvalue weighted by molar-refractivity contribution is 5.89. The van der Waals surface area contributed by atoms with E-state index in [1.54, 1.807) is 87.0 Å². The van der Waals surface area contributed by atoms with Gasteiger partial charge in [0.05, 0.1) is 19.8 Å². The largest absolute Gasteiger partial charge is 0.497 e. The van der Waals surface area contributed by atoms with Crippen LogP contribution in [0.25, 0.3) is 0 Å². The molecule has 0 aliphatic rings. The number of hydrogen-bond acceptors (Lipinski definition) is 5. The number of aliphatic hydroxyl groups is 1. The van der Waals surface area contributed by atoms with Crippen molar-refractivity contribution < 1.29 is 24.1 Å². The summed E-state index contributed by atoms with van der Waals surface area (Å²) in [5, 5.41) is 11.0. The summed E-state index contributed by atoms with van der Waals surface area (Å²) >= 11 is 0. The molecule has 0 saturated carbocycles. The Morgan fingerprint density at radius 2 is 1.25 bits per heavy atom. The third-order valence-corrected chi connectivity index (χ3v) is 4.43. The summed E-state index contributed by atoms with van der Waals surface area (Å²) in [5.74, 6) is 0.850. The van der Waals surface area contributed by atoms with Gasteiger partial charge in [-0.2, -0.15) is 0 Å². The first-order valence-corrected chi connectivity index (χ1v) is 8.84. The lowest BCUT2D eigenvalue weighted by molar-refractivity contribution is -0.0209. The van der Waals surface area contributed by atoms with Crippen molar-refractivity contribution in [1.29, 1.82) is 0 Å². The Morgan fingerprint density at radius 3 is 1.75 bits per heavy atom. The number of aliphatic hydroxyl groups excluding tert-OH is 1. The van der Waals surface area contributed by atoms with Gasteiger partial charge in [0.15, 0.2) is 6.10 Å². The molecule has 3 aromatic rings. The van der Waals surface area contributed by atoms with Crippen LogP contribution < -0.4 is 9.47 Å². The van der Waals surface area contributed by atoms with Crippen molar-refractivity contribution in [1.82, 2.24) is 0 Å². The minimum Gasteiger partial charge on any atom is -0.497 e. The Kier molecular flexibility index (Phi) is 6.29. The number of rotatable bonds is 7. The Morgan fingerprint density at radius 1 is 0.750 bits per heavy atom. The molecule has 0 spiro atoms. The molecular formula is C23H22O5. The molecule has 0 aliphatic carbocycles. The molecule has 0 aliphatic heterocycles. The van der Waals surface area contributed by atoms with Crippen molar-refractivity contribution in [2.75, 3.05) is 14.2 Å². The lowest BCUT2D eigenvalue weighted by Crippen LogP contribution is -2.18. The van der Waals surface area contributed by atoms with Crippen LogP contribution in [0.5, 0.6) is 11.5 Å². The van der Waals surface area contributed by atoms with Crippen molar-refractivity contribution in [3.63, 3.8) is 0 Å². The molecule has 0 saturated heterocycles. The van der Waals surface area contributed by atoms with Gasteiger partial charge in [-0.25, -0.2) is 4.79 Å². The third kappa shape index (κ3) is 4.50. The van der Waals surface area contributed by atoms with Crippen LogP contribution in [0.2, 0.25) is 0 Å². The predicted octanol–water partition coefficient (Wildman–Crippen LogP) is 4.34. The number of carbonyl (C=O) groups is 1. The van der Waals surface area contributed by atoms with Crippen molar-refractivity contribution in [2.24, 2.45) is 0 Å². The van der Waals surface area contributed by atoms with E-state index < -0.39 is 18.2 Å². The number of carbonyl (C=O) groups excluding carboxylic acids is 1. The monoisotopic (exact) mass is 378 g/mol. The van der Waals surface area contributed by atoms with E-state index in [1.165, 1.54) is 0 Å². The summed E-state index contributed by atoms with van der Waals surface area (Å²) in [5.41, 5.74) is 1.69. The van der Waals surface area contributed by atoms with E-state index in [1.807, 2.05) is 6.07 Å². The quantitative estimate of drug-likeness (QED) is 0.620. The maximum atomic E-state index is 12.6. The third-order valence-electron chi connectivity index (χ3n) is 4.43. The van der Waals surface area contributed by atoms with Crippen molar-refractivity contribution in [3.8, 4) is 11.5 Å². The second kappa shape index (κ2) is 9.06. The summed E-state index contributed by atoms with van der Waals surface area (Å²) in [6, 6.07) is 22.8. The molecule has 3 rings (SSSR count). The first-order chi connectivity index (χ1) is 13.6. The second-order valence-electron chi connectivity index (χ2n) is 6.18. The average molecular weight is 378 g/mol. The van der Waals surface area contributed by atoms with Gasteiger partial charge in [0, 0.05) is 0 Å². The number of esters is 1. The first-order valence-electron chi connectivity index (χ1n) is 8.84. The zero-order valence-electron chi connectivity index (χ0n) is 15.7. The van der Waals surface area contributed by atoms with Gasteiger partial charge in [-0.15, -0.1) is 0 Å². The number of ether oxygens (including phenoxy) is 3. The predicted molar refractivity (Wildman–Crippen MR) is 106 cm³/mol. The van der Waals surface area contributed by atoms with Gasteiger partial charge in [-0.1, -0.05) is 42.5 Å². The van der Waals surface area contributed by atoms with Gasteiger partial charge in [0.25, 0.3) is 0 Å². The number of methoxy groups -OCH3 is 2. The lowest BCUT2D eigenvalue weighted by Gasteiger charge is -2.24. The smallest absolute Gasteiger partial charge is 0.338 e. The maximum Gasteiger partial charge on any atom is 0.338 e. The van der Waals surface area contributed by atoms with Gasteiger partial charge in [-0.05, 0) is 47.5 Å². The molecule has 144 valence electrons. The molecule has 0 bridgehead atoms. The van der Waals surface area contributed by atoms with Crippen LogP contribution in [0.1, 0.15) is 33.7 Å². The van der Waals surface area contributed by atoms with Crippen LogP contribution in [0.3, 0.4) is 0 Å². The highest BCUT2D eigenvalue weighted by atomic mass is 16.6. The molecule has 0 fully saturated rings. The van der Waals surface area contributed by atoms with E-state index in [4.69, 9.17) is 14.2 Å². The molecule has 2 atom stereocenters. The summed E-state index contributed by atoms with van der Waals surface area (Å²) in [6.07, 6.45) is -1.93. The molecule has 28 heavy (non-hydrogen) atoms. The van der Waals surface area contributed by atoms with Gasteiger partial charge in [-0.3, -0.25) is 0 Å². The molecule has 5 nitrogen and oxygen atoms in total. The summed E-state index contributed by atoms with van der Waals surface area (Å²) < 4.78 is 16.1. The molecule has 0 unspecified atom stereocenters. The number of benzene rings is 3.